The van der Waals surface area contributed by atoms with E-state index in [0.29, 0.717) is 10.5 Å². The molecule has 0 saturated heterocycles. The van der Waals surface area contributed by atoms with Gasteiger partial charge in [-0.2, -0.15) is 0 Å². The quantitative estimate of drug-likeness (QED) is 0.611. The molecule has 1 heterocycles. The van der Waals surface area contributed by atoms with E-state index in [2.05, 4.69) is 0 Å². The van der Waals surface area contributed by atoms with E-state index in [0.717, 1.165) is 6.54 Å². The summed E-state index contributed by atoms with van der Waals surface area (Å²) in [6.07, 6.45) is 3.28. The normalized spacial score (nSPS) is 10.2. The van der Waals surface area contributed by atoms with Crippen LogP contribution in [-0.4, -0.2) is 21.7 Å². The van der Waals surface area contributed by atoms with Gasteiger partial charge in [0.15, 0.2) is 0 Å². The maximum absolute atomic E-state index is 8.77. The Labute approximate surface area is 70.4 Å². The van der Waals surface area contributed by atoms with E-state index in [4.69, 9.17) is 21.6 Å². The lowest BCUT2D eigenvalue weighted by molar-refractivity contribution is 0.425. The number of nitrogens with zero attached hydrogens (tertiary/aromatic N) is 1. The molecule has 1 aromatic heterocycles. The van der Waals surface area contributed by atoms with E-state index in [1.807, 2.05) is 6.92 Å². The average Bonchev–Trinajstić information content (AvgIpc) is 2.30. The Morgan fingerprint density at radius 3 is 2.45 bits per heavy atom. The van der Waals surface area contributed by atoms with Gasteiger partial charge in [-0.15, -0.1) is 0 Å². The smallest absolute Gasteiger partial charge is 0.423 e. The fourth-order valence-electron chi connectivity index (χ4n) is 0.870. The van der Waals surface area contributed by atoms with Gasteiger partial charge >= 0.3 is 7.12 Å². The molecule has 1 aromatic rings. The largest absolute Gasteiger partial charge is 0.491 e. The number of hydrogen-bond acceptors (Lipinski definition) is 2. The summed E-state index contributed by atoms with van der Waals surface area (Å²) >= 11 is 5.68. The van der Waals surface area contributed by atoms with Crippen molar-refractivity contribution < 1.29 is 10.0 Å². The summed E-state index contributed by atoms with van der Waals surface area (Å²) in [6.45, 7) is 2.72. The van der Waals surface area contributed by atoms with Gasteiger partial charge in [0, 0.05) is 24.4 Å². The van der Waals surface area contributed by atoms with Crippen LogP contribution in [0.15, 0.2) is 12.4 Å². The van der Waals surface area contributed by atoms with Crippen molar-refractivity contribution in [2.45, 2.75) is 13.5 Å². The van der Waals surface area contributed by atoms with Crippen LogP contribution in [0.5, 0.6) is 0 Å². The number of aromatic nitrogens is 1. The van der Waals surface area contributed by atoms with Crippen LogP contribution in [-0.2, 0) is 6.54 Å². The SMILES string of the molecule is CCn1cc(Cl)c(B(O)O)c1. The van der Waals surface area contributed by atoms with Gasteiger partial charge in [-0.1, -0.05) is 11.6 Å². The molecule has 2 N–H and O–H groups in total. The zero-order chi connectivity index (χ0) is 8.43. The van der Waals surface area contributed by atoms with Crippen molar-refractivity contribution in [2.75, 3.05) is 0 Å². The molecule has 3 nitrogen and oxygen atoms in total. The predicted octanol–water partition coefficient (Wildman–Crippen LogP) is -0.159. The molecule has 1 rings (SSSR count). The van der Waals surface area contributed by atoms with Crippen molar-refractivity contribution >= 4 is 24.2 Å². The number of hydrogen-bond donors (Lipinski definition) is 2. The zero-order valence-corrected chi connectivity index (χ0v) is 6.91. The second-order valence-corrected chi connectivity index (χ2v) is 2.67. The fourth-order valence-corrected chi connectivity index (χ4v) is 1.14. The van der Waals surface area contributed by atoms with Crippen LogP contribution in [0.2, 0.25) is 5.02 Å². The highest BCUT2D eigenvalue weighted by atomic mass is 35.5. The van der Waals surface area contributed by atoms with Gasteiger partial charge in [0.05, 0.1) is 5.02 Å². The summed E-state index contributed by atoms with van der Waals surface area (Å²) in [5.41, 5.74) is 0.355. The average molecular weight is 173 g/mol. The summed E-state index contributed by atoms with van der Waals surface area (Å²) in [5, 5.41) is 17.9. The minimum Gasteiger partial charge on any atom is -0.423 e. The van der Waals surface area contributed by atoms with Gasteiger partial charge in [-0.05, 0) is 6.92 Å². The standard InChI is InChI=1S/C6H9BClNO2/c1-2-9-3-5(7(10)11)6(8)4-9/h3-4,10-11H,2H2,1H3. The van der Waals surface area contributed by atoms with Crippen LogP contribution >= 0.6 is 11.6 Å². The second kappa shape index (κ2) is 3.30. The first kappa shape index (κ1) is 8.65. The maximum atomic E-state index is 8.77. The van der Waals surface area contributed by atoms with Crippen molar-refractivity contribution in [3.63, 3.8) is 0 Å². The van der Waals surface area contributed by atoms with E-state index in [-0.39, 0.29) is 0 Å². The van der Waals surface area contributed by atoms with Crippen molar-refractivity contribution in [1.29, 1.82) is 0 Å². The topological polar surface area (TPSA) is 45.4 Å². The molecule has 0 aromatic carbocycles. The van der Waals surface area contributed by atoms with Crippen LogP contribution in [0.25, 0.3) is 0 Å². The molecule has 0 radical (unpaired) electrons. The first-order valence-electron chi connectivity index (χ1n) is 3.36. The number of aryl methyl sites for hydroxylation is 1. The van der Waals surface area contributed by atoms with E-state index in [9.17, 15) is 0 Å². The molecule has 0 aliphatic rings. The lowest BCUT2D eigenvalue weighted by Crippen LogP contribution is -2.29. The van der Waals surface area contributed by atoms with Crippen molar-refractivity contribution in [3.05, 3.63) is 17.4 Å². The second-order valence-electron chi connectivity index (χ2n) is 2.27. The molecule has 11 heavy (non-hydrogen) atoms. The molecule has 0 fully saturated rings. The summed E-state index contributed by atoms with van der Waals surface area (Å²) in [6, 6.07) is 0. The highest BCUT2D eigenvalue weighted by molar-refractivity contribution is 6.62. The lowest BCUT2D eigenvalue weighted by atomic mass is 9.83. The third kappa shape index (κ3) is 1.77. The van der Waals surface area contributed by atoms with Gasteiger partial charge in [0.2, 0.25) is 0 Å². The Bertz CT molecular complexity index is 249. The Balaban J connectivity index is 2.97. The Morgan fingerprint density at radius 2 is 2.18 bits per heavy atom. The van der Waals surface area contributed by atoms with Crippen LogP contribution < -0.4 is 5.46 Å². The highest BCUT2D eigenvalue weighted by Gasteiger charge is 2.16. The minimum absolute atomic E-state index is 0.355. The van der Waals surface area contributed by atoms with E-state index < -0.39 is 7.12 Å². The van der Waals surface area contributed by atoms with Gasteiger partial charge in [-0.25, -0.2) is 0 Å². The molecule has 0 spiro atoms. The summed E-state index contributed by atoms with van der Waals surface area (Å²) in [5.74, 6) is 0. The Kier molecular flexibility index (Phi) is 2.60. The van der Waals surface area contributed by atoms with E-state index in [1.165, 1.54) is 0 Å². The first-order chi connectivity index (χ1) is 5.15. The highest BCUT2D eigenvalue weighted by Crippen LogP contribution is 2.05. The Hall–Kier alpha value is -0.445. The fraction of sp³-hybridized carbons (Fsp3) is 0.333. The Morgan fingerprint density at radius 1 is 1.55 bits per heavy atom. The molecule has 0 amide bonds. The molecule has 0 saturated carbocycles. The molecule has 5 heteroatoms. The van der Waals surface area contributed by atoms with Crippen molar-refractivity contribution in [2.24, 2.45) is 0 Å². The molecular formula is C6H9BClNO2. The molecule has 0 unspecified atom stereocenters. The first-order valence-corrected chi connectivity index (χ1v) is 3.74. The molecule has 0 aliphatic carbocycles. The van der Waals surface area contributed by atoms with Crippen LogP contribution in [0.1, 0.15) is 6.92 Å². The van der Waals surface area contributed by atoms with Gasteiger partial charge in [-0.3, -0.25) is 0 Å². The maximum Gasteiger partial charge on any atom is 0.491 e. The minimum atomic E-state index is -1.48. The predicted molar refractivity (Wildman–Crippen MR) is 44.9 cm³/mol. The lowest BCUT2D eigenvalue weighted by Gasteiger charge is -1.93. The van der Waals surface area contributed by atoms with Crippen molar-refractivity contribution in [1.82, 2.24) is 4.57 Å². The van der Waals surface area contributed by atoms with Crippen LogP contribution in [0.3, 0.4) is 0 Å². The van der Waals surface area contributed by atoms with Gasteiger partial charge in [0.25, 0.3) is 0 Å². The third-order valence-electron chi connectivity index (χ3n) is 1.50. The molecule has 0 atom stereocenters. The molecule has 60 valence electrons. The summed E-state index contributed by atoms with van der Waals surface area (Å²) < 4.78 is 1.79. The number of rotatable bonds is 2. The van der Waals surface area contributed by atoms with Crippen molar-refractivity contribution in [3.8, 4) is 0 Å². The summed E-state index contributed by atoms with van der Waals surface area (Å²) in [7, 11) is -1.48. The van der Waals surface area contributed by atoms with Crippen LogP contribution in [0, 0.1) is 0 Å². The van der Waals surface area contributed by atoms with E-state index in [1.54, 1.807) is 17.0 Å². The molecule has 0 bridgehead atoms. The zero-order valence-electron chi connectivity index (χ0n) is 6.16. The summed E-state index contributed by atoms with van der Waals surface area (Å²) in [4.78, 5) is 0. The monoisotopic (exact) mass is 173 g/mol. The third-order valence-corrected chi connectivity index (χ3v) is 1.82. The molecular weight excluding hydrogens is 164 g/mol. The number of halogens is 1. The van der Waals surface area contributed by atoms with Gasteiger partial charge in [0.1, 0.15) is 0 Å². The van der Waals surface area contributed by atoms with Gasteiger partial charge < -0.3 is 14.6 Å². The van der Waals surface area contributed by atoms with E-state index >= 15 is 0 Å². The van der Waals surface area contributed by atoms with Crippen LogP contribution in [0.4, 0.5) is 0 Å². The molecule has 0 aliphatic heterocycles.